The molecule has 1 aromatic rings. The van der Waals surface area contributed by atoms with Crippen molar-refractivity contribution in [2.45, 2.75) is 105 Å². The van der Waals surface area contributed by atoms with Crippen molar-refractivity contribution in [3.63, 3.8) is 0 Å². The molecule has 0 spiro atoms. The Bertz CT molecular complexity index is 816. The Balaban J connectivity index is 3.09. The number of ether oxygens (including phenoxy) is 3. The van der Waals surface area contributed by atoms with Crippen molar-refractivity contribution < 1.29 is 24.1 Å². The number of carbonyl (C=O) groups excluding carboxylic acids is 1. The number of carbonyl (C=O) groups is 1. The van der Waals surface area contributed by atoms with Crippen LogP contribution in [0, 0.1) is 0 Å². The first-order valence-electron chi connectivity index (χ1n) is 12.7. The highest BCUT2D eigenvalue weighted by atomic mass is 16.8. The number of aromatic hydroxyl groups is 1. The Morgan fingerprint density at radius 2 is 1.76 bits per heavy atom. The first kappa shape index (κ1) is 29.6. The molecule has 192 valence electrons. The third-order valence-electron chi connectivity index (χ3n) is 6.02. The van der Waals surface area contributed by atoms with E-state index in [4.69, 9.17) is 14.2 Å². The fourth-order valence-corrected chi connectivity index (χ4v) is 3.76. The normalized spacial score (nSPS) is 11.8. The van der Waals surface area contributed by atoms with Crippen molar-refractivity contribution in [1.82, 2.24) is 0 Å². The van der Waals surface area contributed by atoms with E-state index in [1.807, 2.05) is 12.1 Å². The predicted molar refractivity (Wildman–Crippen MR) is 140 cm³/mol. The molecule has 0 amide bonds. The van der Waals surface area contributed by atoms with Gasteiger partial charge in [0.15, 0.2) is 0 Å². The minimum Gasteiger partial charge on any atom is -0.508 e. The van der Waals surface area contributed by atoms with Crippen LogP contribution < -0.4 is 4.74 Å². The Hall–Kier alpha value is -2.43. The topological polar surface area (TPSA) is 65.0 Å². The molecule has 0 bridgehead atoms. The van der Waals surface area contributed by atoms with Gasteiger partial charge >= 0.3 is 6.16 Å². The molecule has 1 rings (SSSR count). The van der Waals surface area contributed by atoms with Crippen molar-refractivity contribution in [3.05, 3.63) is 46.6 Å². The second kappa shape index (κ2) is 15.5. The third kappa shape index (κ3) is 11.1. The summed E-state index contributed by atoms with van der Waals surface area (Å²) in [6.07, 6.45) is 11.9. The molecule has 0 heterocycles. The molecule has 0 saturated carbocycles. The zero-order valence-corrected chi connectivity index (χ0v) is 22.5. The van der Waals surface area contributed by atoms with Crippen LogP contribution >= 0.6 is 0 Å². The maximum Gasteiger partial charge on any atom is 0.511 e. The maximum absolute atomic E-state index is 11.6. The Kier molecular flexibility index (Phi) is 13.5. The summed E-state index contributed by atoms with van der Waals surface area (Å²) in [7, 11) is 0. The van der Waals surface area contributed by atoms with Crippen LogP contribution in [0.1, 0.15) is 105 Å². The molecule has 5 heteroatoms. The van der Waals surface area contributed by atoms with Crippen molar-refractivity contribution in [3.8, 4) is 11.5 Å². The molecule has 0 radical (unpaired) electrons. The number of phenols is 1. The van der Waals surface area contributed by atoms with Crippen LogP contribution in [0.2, 0.25) is 0 Å². The van der Waals surface area contributed by atoms with E-state index in [1.54, 1.807) is 6.92 Å². The van der Waals surface area contributed by atoms with Crippen molar-refractivity contribution in [2.75, 3.05) is 13.4 Å². The molecular formula is C29H46O5. The average molecular weight is 475 g/mol. The van der Waals surface area contributed by atoms with Crippen molar-refractivity contribution in [2.24, 2.45) is 0 Å². The van der Waals surface area contributed by atoms with Gasteiger partial charge in [0, 0.05) is 5.56 Å². The molecule has 1 aromatic carbocycles. The van der Waals surface area contributed by atoms with E-state index < -0.39 is 6.16 Å². The van der Waals surface area contributed by atoms with Crippen LogP contribution in [0.5, 0.6) is 11.5 Å². The summed E-state index contributed by atoms with van der Waals surface area (Å²) in [4.78, 5) is 11.6. The van der Waals surface area contributed by atoms with Crippen molar-refractivity contribution in [1.29, 1.82) is 0 Å². The van der Waals surface area contributed by atoms with Gasteiger partial charge in [-0.15, -0.1) is 0 Å². The summed E-state index contributed by atoms with van der Waals surface area (Å²) in [6.45, 7) is 14.6. The first-order valence-corrected chi connectivity index (χ1v) is 12.7. The molecule has 0 unspecified atom stereocenters. The minimum atomic E-state index is -0.768. The fraction of sp³-hybridized carbons (Fsp3) is 0.621. The zero-order chi connectivity index (χ0) is 25.6. The Labute approximate surface area is 207 Å². The summed E-state index contributed by atoms with van der Waals surface area (Å²) < 4.78 is 15.7. The van der Waals surface area contributed by atoms with Crippen LogP contribution in [0.4, 0.5) is 4.79 Å². The summed E-state index contributed by atoms with van der Waals surface area (Å²) in [5.74, 6) is 0.743. The Morgan fingerprint density at radius 3 is 2.41 bits per heavy atom. The number of allylic oxidation sites excluding steroid dienone is 4. The second-order valence-electron chi connectivity index (χ2n) is 9.83. The SMILES string of the molecule is CCCCCCC(C)(C)c1cc(O)c(CC=C(C)CCC=C(C)C)c(OCOC(=O)OCC)c1. The summed E-state index contributed by atoms with van der Waals surface area (Å²) in [6, 6.07) is 3.84. The van der Waals surface area contributed by atoms with Crippen LogP contribution in [0.15, 0.2) is 35.4 Å². The van der Waals surface area contributed by atoms with E-state index in [2.05, 4.69) is 53.7 Å². The van der Waals surface area contributed by atoms with Gasteiger partial charge in [-0.2, -0.15) is 0 Å². The largest absolute Gasteiger partial charge is 0.511 e. The highest BCUT2D eigenvalue weighted by molar-refractivity contribution is 5.59. The lowest BCUT2D eigenvalue weighted by atomic mass is 9.79. The van der Waals surface area contributed by atoms with E-state index in [9.17, 15) is 9.90 Å². The van der Waals surface area contributed by atoms with E-state index >= 15 is 0 Å². The number of hydrogen-bond acceptors (Lipinski definition) is 5. The molecule has 0 aromatic heterocycles. The van der Waals surface area contributed by atoms with Crippen molar-refractivity contribution >= 4 is 6.16 Å². The van der Waals surface area contributed by atoms with Gasteiger partial charge in [0.05, 0.1) is 6.61 Å². The van der Waals surface area contributed by atoms with E-state index in [-0.39, 0.29) is 24.6 Å². The molecule has 0 aliphatic heterocycles. The monoisotopic (exact) mass is 474 g/mol. The highest BCUT2D eigenvalue weighted by Gasteiger charge is 2.24. The van der Waals surface area contributed by atoms with Gasteiger partial charge in [-0.3, -0.25) is 0 Å². The standard InChI is InChI=1S/C29H46O5/c1-8-10-11-12-18-29(6,7)24-19-26(30)25(17-16-23(5)15-13-14-22(3)4)27(20-24)33-21-34-28(31)32-9-2/h14,16,19-20,30H,8-13,15,17-18,21H2,1-7H3. The predicted octanol–water partition coefficient (Wildman–Crippen LogP) is 8.38. The summed E-state index contributed by atoms with van der Waals surface area (Å²) in [5, 5.41) is 10.9. The maximum atomic E-state index is 11.6. The van der Waals surface area contributed by atoms with Gasteiger partial charge in [-0.25, -0.2) is 4.79 Å². The number of rotatable bonds is 15. The van der Waals surface area contributed by atoms with Crippen LogP contribution in [-0.2, 0) is 21.3 Å². The second-order valence-corrected chi connectivity index (χ2v) is 9.83. The third-order valence-corrected chi connectivity index (χ3v) is 6.02. The van der Waals surface area contributed by atoms with Gasteiger partial charge in [-0.05, 0) is 76.5 Å². The highest BCUT2D eigenvalue weighted by Crippen LogP contribution is 2.38. The minimum absolute atomic E-state index is 0.111. The van der Waals surface area contributed by atoms with Crippen LogP contribution in [-0.4, -0.2) is 24.7 Å². The molecule has 0 atom stereocenters. The van der Waals surface area contributed by atoms with Crippen LogP contribution in [0.25, 0.3) is 0 Å². The number of phenolic OH excluding ortho intramolecular Hbond substituents is 1. The molecule has 34 heavy (non-hydrogen) atoms. The molecule has 0 fully saturated rings. The molecule has 0 saturated heterocycles. The number of benzene rings is 1. The van der Waals surface area contributed by atoms with Gasteiger partial charge in [-0.1, -0.05) is 69.8 Å². The van der Waals surface area contributed by atoms with Crippen LogP contribution in [0.3, 0.4) is 0 Å². The number of hydrogen-bond donors (Lipinski definition) is 1. The lowest BCUT2D eigenvalue weighted by Crippen LogP contribution is -2.18. The fourth-order valence-electron chi connectivity index (χ4n) is 3.76. The van der Waals surface area contributed by atoms with E-state index in [1.165, 1.54) is 30.4 Å². The van der Waals surface area contributed by atoms with Gasteiger partial charge < -0.3 is 19.3 Å². The Morgan fingerprint density at radius 1 is 1.03 bits per heavy atom. The van der Waals surface area contributed by atoms with Gasteiger partial charge in [0.2, 0.25) is 6.79 Å². The molecule has 0 aliphatic carbocycles. The quantitative estimate of drug-likeness (QED) is 0.120. The molecule has 1 N–H and O–H groups in total. The van der Waals surface area contributed by atoms with E-state index in [0.29, 0.717) is 17.7 Å². The smallest absolute Gasteiger partial charge is 0.508 e. The lowest BCUT2D eigenvalue weighted by molar-refractivity contribution is 0.00648. The van der Waals surface area contributed by atoms with Gasteiger partial charge in [0.25, 0.3) is 0 Å². The molecular weight excluding hydrogens is 428 g/mol. The summed E-state index contributed by atoms with van der Waals surface area (Å²) >= 11 is 0. The summed E-state index contributed by atoms with van der Waals surface area (Å²) in [5.41, 5.74) is 4.17. The van der Waals surface area contributed by atoms with Gasteiger partial charge in [0.1, 0.15) is 11.5 Å². The molecule has 0 aliphatic rings. The first-order chi connectivity index (χ1) is 16.1. The zero-order valence-electron chi connectivity index (χ0n) is 22.5. The average Bonchev–Trinajstić information content (AvgIpc) is 2.76. The lowest BCUT2D eigenvalue weighted by Gasteiger charge is -2.27. The number of unbranched alkanes of at least 4 members (excludes halogenated alkanes) is 3. The van der Waals surface area contributed by atoms with E-state index in [0.717, 1.165) is 31.2 Å². The molecule has 5 nitrogen and oxygen atoms in total.